The van der Waals surface area contributed by atoms with Crippen molar-refractivity contribution < 1.29 is 46.7 Å². The van der Waals surface area contributed by atoms with Gasteiger partial charge in [-0.25, -0.2) is 19.3 Å². The molecule has 5 N–H and O–H groups in total. The van der Waals surface area contributed by atoms with Crippen LogP contribution in [-0.4, -0.2) is 175 Å². The van der Waals surface area contributed by atoms with Crippen LogP contribution in [-0.2, 0) is 54.7 Å². The lowest BCUT2D eigenvalue weighted by atomic mass is 9.89. The fourth-order valence-corrected chi connectivity index (χ4v) is 9.09. The van der Waals surface area contributed by atoms with Gasteiger partial charge < -0.3 is 39.7 Å². The molecule has 1 heterocycles. The van der Waals surface area contributed by atoms with Gasteiger partial charge in [-0.3, -0.25) is 33.5 Å². The van der Waals surface area contributed by atoms with Crippen LogP contribution in [0.25, 0.3) is 0 Å². The van der Waals surface area contributed by atoms with Crippen LogP contribution in [0.15, 0.2) is 35.3 Å². The van der Waals surface area contributed by atoms with Crippen LogP contribution in [0.1, 0.15) is 72.3 Å². The quantitative estimate of drug-likeness (QED) is 0.0465. The molecular formula is C43H75N9O10S. The summed E-state index contributed by atoms with van der Waals surface area (Å²) in [4.78, 5) is 84.1. The first-order valence-corrected chi connectivity index (χ1v) is 23.3. The van der Waals surface area contributed by atoms with Gasteiger partial charge in [-0.1, -0.05) is 71.4 Å². The predicted molar refractivity (Wildman–Crippen MR) is 241 cm³/mol. The molecule has 1 aromatic rings. The molecule has 5 amide bonds. The van der Waals surface area contributed by atoms with Crippen molar-refractivity contribution in [2.24, 2.45) is 28.6 Å². The number of amides is 5. The third-order valence-corrected chi connectivity index (χ3v) is 12.8. The Hall–Kier alpha value is -4.37. The number of nitrogens with two attached hydrogens (primary N) is 1. The van der Waals surface area contributed by atoms with Gasteiger partial charge in [0.25, 0.3) is 5.91 Å². The molecule has 2 rings (SSSR count). The van der Waals surface area contributed by atoms with E-state index >= 15 is 0 Å². The van der Waals surface area contributed by atoms with E-state index in [2.05, 4.69) is 20.2 Å². The van der Waals surface area contributed by atoms with Crippen molar-refractivity contribution in [3.05, 3.63) is 35.9 Å². The molecule has 1 aliphatic heterocycles. The van der Waals surface area contributed by atoms with Gasteiger partial charge in [0.1, 0.15) is 18.7 Å². The summed E-state index contributed by atoms with van der Waals surface area (Å²) >= 11 is 0. The fourth-order valence-electron chi connectivity index (χ4n) is 8.01. The summed E-state index contributed by atoms with van der Waals surface area (Å²) < 4.78 is 39.9. The Morgan fingerprint density at radius 2 is 1.59 bits per heavy atom. The summed E-state index contributed by atoms with van der Waals surface area (Å²) in [6, 6.07) is 5.91. The molecule has 0 unspecified atom stereocenters. The van der Waals surface area contributed by atoms with Crippen LogP contribution in [0.4, 0.5) is 0 Å². The van der Waals surface area contributed by atoms with Gasteiger partial charge in [0.2, 0.25) is 33.7 Å². The summed E-state index contributed by atoms with van der Waals surface area (Å²) in [7, 11) is 8.09. The third-order valence-electron chi connectivity index (χ3n) is 11.5. The van der Waals surface area contributed by atoms with Crippen LogP contribution in [0, 0.1) is 17.8 Å². The normalized spacial score (nSPS) is 17.4. The number of hydrogen-bond donors (Lipinski definition) is 4. The molecule has 20 heteroatoms. The minimum Gasteiger partial charge on any atom is -0.379 e. The Labute approximate surface area is 375 Å². The monoisotopic (exact) mass is 910 g/mol. The zero-order chi connectivity index (χ0) is 47.6. The summed E-state index contributed by atoms with van der Waals surface area (Å²) in [5, 5.41) is 5.21. The summed E-state index contributed by atoms with van der Waals surface area (Å²) in [5.74, 6) is 1.61. The van der Waals surface area contributed by atoms with Gasteiger partial charge in [0, 0.05) is 69.0 Å². The molecule has 19 nitrogen and oxygen atoms in total. The van der Waals surface area contributed by atoms with E-state index in [-0.39, 0.29) is 56.1 Å². The second kappa shape index (κ2) is 26.4. The lowest BCUT2D eigenvalue weighted by Gasteiger charge is -2.40. The van der Waals surface area contributed by atoms with Crippen molar-refractivity contribution >= 4 is 45.5 Å². The number of likely N-dealkylation sites (N-methyl/N-ethyl adjacent to an activating group) is 1. The second-order valence-corrected chi connectivity index (χ2v) is 18.9. The summed E-state index contributed by atoms with van der Waals surface area (Å²) in [6.07, 6.45) is 0.429. The number of likely N-dealkylation sites (tertiary alicyclic amines) is 1. The third kappa shape index (κ3) is 16.6. The van der Waals surface area contributed by atoms with Crippen LogP contribution < -0.4 is 21.3 Å². The van der Waals surface area contributed by atoms with E-state index in [1.165, 1.54) is 7.11 Å². The Kier molecular flexibility index (Phi) is 23.0. The second-order valence-electron chi connectivity index (χ2n) is 17.0. The molecule has 0 bridgehead atoms. The summed E-state index contributed by atoms with van der Waals surface area (Å²) in [5.41, 5.74) is 0.679. The maximum Gasteiger partial charge on any atom is 0.256 e. The van der Waals surface area contributed by atoms with Gasteiger partial charge in [0.15, 0.2) is 5.96 Å². The smallest absolute Gasteiger partial charge is 0.256 e. The molecular weight excluding hydrogens is 835 g/mol. The van der Waals surface area contributed by atoms with Gasteiger partial charge in [-0.05, 0) is 36.7 Å². The highest BCUT2D eigenvalue weighted by molar-refractivity contribution is 7.90. The van der Waals surface area contributed by atoms with Gasteiger partial charge >= 0.3 is 0 Å². The van der Waals surface area contributed by atoms with Crippen molar-refractivity contribution in [3.63, 3.8) is 0 Å². The largest absolute Gasteiger partial charge is 0.379 e. The minimum atomic E-state index is -4.16. The van der Waals surface area contributed by atoms with Crippen molar-refractivity contribution in [2.75, 3.05) is 74.9 Å². The van der Waals surface area contributed by atoms with Crippen molar-refractivity contribution in [3.8, 4) is 0 Å². The maximum atomic E-state index is 14.4. The molecule has 1 aliphatic rings. The van der Waals surface area contributed by atoms with Crippen molar-refractivity contribution in [2.45, 2.75) is 110 Å². The molecule has 0 saturated carbocycles. The molecule has 1 fully saturated rings. The first-order chi connectivity index (χ1) is 29.6. The van der Waals surface area contributed by atoms with Crippen LogP contribution >= 0.6 is 0 Å². The molecule has 1 saturated heterocycles. The first-order valence-electron chi connectivity index (χ1n) is 21.6. The molecule has 1 aromatic carbocycles. The number of nitrogens with one attached hydrogen (secondary N) is 3. The number of carbonyl (C=O) groups excluding carboxylic acids is 5. The average molecular weight is 910 g/mol. The van der Waals surface area contributed by atoms with Gasteiger partial charge in [-0.15, -0.1) is 0 Å². The SMILES string of the molecule is CC[C@H](C)[C@@H]([C@@H](CC(=O)N1CCC[C@H]1[C@H](OC)[C@@H](C)C(=O)N[C@@H](Cc1ccccc1)C(=O)NS(=O)(=O)CCCNC(=O)CON)OC)N(C)C(=O)[C@@H](N=C(N(C)C)N(C)C)C(C)C. The predicted octanol–water partition coefficient (Wildman–Crippen LogP) is 0.981. The Morgan fingerprint density at radius 1 is 0.952 bits per heavy atom. The van der Waals surface area contributed by atoms with Crippen LogP contribution in [0.3, 0.4) is 0 Å². The number of rotatable bonds is 25. The lowest BCUT2D eigenvalue weighted by Crippen LogP contribution is -2.56. The number of sulfonamides is 1. The first kappa shape index (κ1) is 54.8. The Morgan fingerprint density at radius 3 is 2.13 bits per heavy atom. The number of guanidine groups is 1. The van der Waals surface area contributed by atoms with E-state index in [1.54, 1.807) is 61.2 Å². The lowest BCUT2D eigenvalue weighted by molar-refractivity contribution is -0.146. The number of hydrogen-bond acceptors (Lipinski definition) is 12. The number of nitrogens with zero attached hydrogens (tertiary/aromatic N) is 5. The van der Waals surface area contributed by atoms with E-state index in [0.29, 0.717) is 30.9 Å². The highest BCUT2D eigenvalue weighted by Gasteiger charge is 2.43. The van der Waals surface area contributed by atoms with E-state index in [0.717, 1.165) is 6.42 Å². The zero-order valence-electron chi connectivity index (χ0n) is 39.5. The van der Waals surface area contributed by atoms with Crippen molar-refractivity contribution in [1.29, 1.82) is 0 Å². The van der Waals surface area contributed by atoms with Crippen LogP contribution in [0.5, 0.6) is 0 Å². The fraction of sp³-hybridized carbons (Fsp3) is 0.721. The van der Waals surface area contributed by atoms with Crippen LogP contribution in [0.2, 0.25) is 0 Å². The van der Waals surface area contributed by atoms with E-state index in [1.807, 2.05) is 65.7 Å². The molecule has 0 aliphatic carbocycles. The zero-order valence-corrected chi connectivity index (χ0v) is 40.3. The minimum absolute atomic E-state index is 0.00141. The molecule has 0 aromatic heterocycles. The maximum absolute atomic E-state index is 14.4. The molecule has 63 heavy (non-hydrogen) atoms. The van der Waals surface area contributed by atoms with Crippen molar-refractivity contribution in [1.82, 2.24) is 35.0 Å². The highest BCUT2D eigenvalue weighted by atomic mass is 32.2. The van der Waals surface area contributed by atoms with E-state index < -0.39 is 75.8 Å². The average Bonchev–Trinajstić information content (AvgIpc) is 3.71. The molecule has 0 spiro atoms. The number of aliphatic imine (C=N–C) groups is 1. The number of methoxy groups -OCH3 is 2. The molecule has 358 valence electrons. The number of ether oxygens (including phenoxy) is 2. The highest BCUT2D eigenvalue weighted by Crippen LogP contribution is 2.30. The van der Waals surface area contributed by atoms with Gasteiger partial charge in [-0.2, -0.15) is 0 Å². The summed E-state index contributed by atoms with van der Waals surface area (Å²) in [6.45, 7) is 9.66. The number of benzene rings is 1. The van der Waals surface area contributed by atoms with E-state index in [9.17, 15) is 32.4 Å². The Bertz CT molecular complexity index is 1760. The van der Waals surface area contributed by atoms with Gasteiger partial charge in [0.05, 0.1) is 42.4 Å². The Balaban J connectivity index is 2.31. The number of carbonyl (C=O) groups is 5. The molecule has 8 atom stereocenters. The standard InChI is InChI=1S/C43H75N9O10S/c1-13-29(4)38(51(10)42(57)37(28(2)3)47-43(49(6)7)50(8)9)34(60-11)26-36(54)52-23-17-21-33(52)39(61-12)30(5)40(55)46-32(25-31-19-15-14-16-20-31)41(56)48-63(58,59)24-18-22-45-35(53)27-62-44/h14-16,19-20,28-30,32-34,37-39H,13,17-18,21-27,44H2,1-12H3,(H,45,53)(H,46,55)(H,48,56)/t29-,30+,32-,33-,34+,37-,38-,39+/m0/s1. The molecule has 0 radical (unpaired) electrons. The topological polar surface area (TPSA) is 235 Å². The van der Waals surface area contributed by atoms with E-state index in [4.69, 9.17) is 20.4 Å².